The topological polar surface area (TPSA) is 52.9 Å². The van der Waals surface area contributed by atoms with E-state index in [0.717, 1.165) is 48.4 Å². The first-order valence-corrected chi connectivity index (χ1v) is 10.4. The smallest absolute Gasteiger partial charge is 0.126 e. The molecule has 150 valence electrons. The maximum atomic E-state index is 10.7. The van der Waals surface area contributed by atoms with Crippen LogP contribution in [0.2, 0.25) is 5.02 Å². The van der Waals surface area contributed by atoms with Gasteiger partial charge in [0.2, 0.25) is 0 Å². The largest absolute Gasteiger partial charge is 0.487 e. The minimum absolute atomic E-state index is 0.335. The van der Waals surface area contributed by atoms with Gasteiger partial charge in [-0.1, -0.05) is 41.4 Å². The van der Waals surface area contributed by atoms with Gasteiger partial charge in [0, 0.05) is 36.6 Å². The summed E-state index contributed by atoms with van der Waals surface area (Å²) in [6.07, 6.45) is 1.23. The first kappa shape index (κ1) is 19.7. The highest BCUT2D eigenvalue weighted by Crippen LogP contribution is 2.45. The van der Waals surface area contributed by atoms with Crippen molar-refractivity contribution < 1.29 is 14.9 Å². The van der Waals surface area contributed by atoms with Gasteiger partial charge >= 0.3 is 0 Å². The van der Waals surface area contributed by atoms with Crippen LogP contribution in [0.1, 0.15) is 53.7 Å². The van der Waals surface area contributed by atoms with E-state index in [1.165, 1.54) is 5.56 Å². The lowest BCUT2D eigenvalue weighted by Gasteiger charge is -2.46. The Hall–Kier alpha value is -1.59. The molecule has 0 amide bonds. The molecule has 0 saturated carbocycles. The van der Waals surface area contributed by atoms with Crippen LogP contribution in [0.5, 0.6) is 5.75 Å². The number of nitrogens with zero attached hydrogens (tertiary/aromatic N) is 1. The summed E-state index contributed by atoms with van der Waals surface area (Å²) in [5, 5.41) is 21.9. The zero-order valence-electron chi connectivity index (χ0n) is 16.5. The number of benzene rings is 2. The number of hydrogen-bond donors (Lipinski definition) is 2. The second-order valence-electron chi connectivity index (χ2n) is 8.37. The van der Waals surface area contributed by atoms with Crippen molar-refractivity contribution in [3.8, 4) is 5.75 Å². The molecule has 5 heteroatoms. The van der Waals surface area contributed by atoms with Gasteiger partial charge in [-0.25, -0.2) is 0 Å². The lowest BCUT2D eigenvalue weighted by molar-refractivity contribution is -0.0588. The molecule has 1 fully saturated rings. The van der Waals surface area contributed by atoms with E-state index in [1.54, 1.807) is 0 Å². The molecule has 0 radical (unpaired) electrons. The van der Waals surface area contributed by atoms with Crippen LogP contribution in [0.4, 0.5) is 0 Å². The lowest BCUT2D eigenvalue weighted by atomic mass is 9.81. The zero-order valence-corrected chi connectivity index (χ0v) is 17.2. The molecule has 4 rings (SSSR count). The Kier molecular flexibility index (Phi) is 5.41. The lowest BCUT2D eigenvalue weighted by Crippen LogP contribution is -2.51. The van der Waals surface area contributed by atoms with Crippen LogP contribution in [0.15, 0.2) is 36.4 Å². The number of hydrogen-bond acceptors (Lipinski definition) is 4. The van der Waals surface area contributed by atoms with Gasteiger partial charge in [-0.15, -0.1) is 0 Å². The maximum absolute atomic E-state index is 10.7. The van der Waals surface area contributed by atoms with Crippen LogP contribution in [0, 0.1) is 13.8 Å². The third-order valence-electron chi connectivity index (χ3n) is 6.20. The first-order valence-electron chi connectivity index (χ1n) is 9.99. The fraction of sp³-hybridized carbons (Fsp3) is 0.478. The predicted octanol–water partition coefficient (Wildman–Crippen LogP) is 4.34. The standard InChI is InChI=1S/C23H28ClNO3/c1-15-3-5-17(6-4-15)21(27)14-25-9-7-23(8-10-25)13-20(26)18-12-19(24)16(2)11-22(18)28-23/h3-6,11-12,20-21,26-27H,7-10,13-14H2,1-2H3. The fourth-order valence-electron chi connectivity index (χ4n) is 4.34. The Morgan fingerprint density at radius 3 is 2.54 bits per heavy atom. The minimum Gasteiger partial charge on any atom is -0.487 e. The van der Waals surface area contributed by atoms with E-state index < -0.39 is 12.2 Å². The van der Waals surface area contributed by atoms with Gasteiger partial charge in [-0.05, 0) is 49.9 Å². The Balaban J connectivity index is 1.41. The van der Waals surface area contributed by atoms with Gasteiger partial charge in [-0.3, -0.25) is 0 Å². The van der Waals surface area contributed by atoms with Gasteiger partial charge in [0.15, 0.2) is 0 Å². The van der Waals surface area contributed by atoms with Crippen LogP contribution >= 0.6 is 11.6 Å². The summed E-state index contributed by atoms with van der Waals surface area (Å²) < 4.78 is 6.41. The van der Waals surface area contributed by atoms with E-state index in [4.69, 9.17) is 16.3 Å². The summed E-state index contributed by atoms with van der Waals surface area (Å²) in [7, 11) is 0. The summed E-state index contributed by atoms with van der Waals surface area (Å²) in [5.41, 5.74) is 3.57. The molecule has 1 saturated heterocycles. The predicted molar refractivity (Wildman–Crippen MR) is 111 cm³/mol. The number of halogens is 1. The summed E-state index contributed by atoms with van der Waals surface area (Å²) in [5.74, 6) is 0.758. The van der Waals surface area contributed by atoms with Crippen molar-refractivity contribution >= 4 is 11.6 Å². The second-order valence-corrected chi connectivity index (χ2v) is 8.78. The minimum atomic E-state index is -0.549. The Labute approximate surface area is 171 Å². The van der Waals surface area contributed by atoms with Crippen LogP contribution in [0.25, 0.3) is 0 Å². The molecule has 2 aromatic rings. The number of likely N-dealkylation sites (tertiary alicyclic amines) is 1. The van der Waals surface area contributed by atoms with Crippen molar-refractivity contribution in [2.24, 2.45) is 0 Å². The van der Waals surface area contributed by atoms with Crippen molar-refractivity contribution in [2.75, 3.05) is 19.6 Å². The van der Waals surface area contributed by atoms with E-state index in [9.17, 15) is 10.2 Å². The average Bonchev–Trinajstić information content (AvgIpc) is 2.66. The second kappa shape index (κ2) is 7.68. The molecular weight excluding hydrogens is 374 g/mol. The molecule has 2 heterocycles. The SMILES string of the molecule is Cc1ccc(C(O)CN2CCC3(CC2)CC(O)c2cc(Cl)c(C)cc2O3)cc1. The van der Waals surface area contributed by atoms with Crippen molar-refractivity contribution in [1.29, 1.82) is 0 Å². The number of ether oxygens (including phenoxy) is 1. The number of aliphatic hydroxyl groups excluding tert-OH is 2. The molecule has 2 aliphatic rings. The molecular formula is C23H28ClNO3. The van der Waals surface area contributed by atoms with Gasteiger partial charge in [0.05, 0.1) is 12.2 Å². The number of aliphatic hydroxyl groups is 2. The van der Waals surface area contributed by atoms with Crippen LogP contribution < -0.4 is 4.74 Å². The summed E-state index contributed by atoms with van der Waals surface area (Å²) in [6, 6.07) is 11.8. The van der Waals surface area contributed by atoms with Crippen molar-refractivity contribution in [1.82, 2.24) is 4.90 Å². The molecule has 28 heavy (non-hydrogen) atoms. The molecule has 0 aliphatic carbocycles. The number of β-amino-alcohol motifs (C(OH)–C–C–N with tert-alkyl or cyclic N) is 1. The van der Waals surface area contributed by atoms with E-state index in [0.29, 0.717) is 18.0 Å². The van der Waals surface area contributed by atoms with Crippen molar-refractivity contribution in [3.05, 3.63) is 63.7 Å². The number of aryl methyl sites for hydroxylation is 2. The molecule has 2 atom stereocenters. The monoisotopic (exact) mass is 401 g/mol. The molecule has 2 unspecified atom stereocenters. The molecule has 4 nitrogen and oxygen atoms in total. The fourth-order valence-corrected chi connectivity index (χ4v) is 4.52. The highest BCUT2D eigenvalue weighted by atomic mass is 35.5. The first-order chi connectivity index (χ1) is 13.3. The van der Waals surface area contributed by atoms with Gasteiger partial charge in [0.1, 0.15) is 11.4 Å². The van der Waals surface area contributed by atoms with E-state index in [-0.39, 0.29) is 5.60 Å². The highest BCUT2D eigenvalue weighted by Gasteiger charge is 2.43. The number of rotatable bonds is 3. The van der Waals surface area contributed by atoms with E-state index >= 15 is 0 Å². The summed E-state index contributed by atoms with van der Waals surface area (Å²) in [4.78, 5) is 2.29. The quantitative estimate of drug-likeness (QED) is 0.803. The summed E-state index contributed by atoms with van der Waals surface area (Å²) in [6.45, 7) is 6.31. The van der Waals surface area contributed by atoms with E-state index in [2.05, 4.69) is 4.90 Å². The van der Waals surface area contributed by atoms with Gasteiger partial charge < -0.3 is 19.8 Å². The third-order valence-corrected chi connectivity index (χ3v) is 6.61. The normalized spacial score (nSPS) is 22.5. The molecule has 0 aromatic heterocycles. The molecule has 1 spiro atoms. The maximum Gasteiger partial charge on any atom is 0.126 e. The molecule has 0 bridgehead atoms. The Bertz CT molecular complexity index is 844. The van der Waals surface area contributed by atoms with E-state index in [1.807, 2.05) is 50.2 Å². The van der Waals surface area contributed by atoms with Crippen molar-refractivity contribution in [3.63, 3.8) is 0 Å². The van der Waals surface area contributed by atoms with Crippen LogP contribution in [-0.4, -0.2) is 40.3 Å². The Morgan fingerprint density at radius 1 is 1.18 bits per heavy atom. The molecule has 2 aromatic carbocycles. The third kappa shape index (κ3) is 3.92. The molecule has 2 aliphatic heterocycles. The number of piperidine rings is 1. The van der Waals surface area contributed by atoms with Gasteiger partial charge in [0.25, 0.3) is 0 Å². The zero-order chi connectivity index (χ0) is 19.9. The average molecular weight is 402 g/mol. The highest BCUT2D eigenvalue weighted by molar-refractivity contribution is 6.31. The summed E-state index contributed by atoms with van der Waals surface area (Å²) >= 11 is 6.22. The number of fused-ring (bicyclic) bond motifs is 1. The van der Waals surface area contributed by atoms with Crippen molar-refractivity contribution in [2.45, 2.75) is 50.9 Å². The van der Waals surface area contributed by atoms with Gasteiger partial charge in [-0.2, -0.15) is 0 Å². The molecule has 2 N–H and O–H groups in total. The van der Waals surface area contributed by atoms with Crippen LogP contribution in [-0.2, 0) is 0 Å². The van der Waals surface area contributed by atoms with Crippen LogP contribution in [0.3, 0.4) is 0 Å². The Morgan fingerprint density at radius 2 is 1.86 bits per heavy atom.